The highest BCUT2D eigenvalue weighted by Gasteiger charge is 2.35. The molecule has 214 valence electrons. The van der Waals surface area contributed by atoms with Gasteiger partial charge in [-0.25, -0.2) is 4.68 Å². The fourth-order valence-corrected chi connectivity index (χ4v) is 5.29. The Labute approximate surface area is 240 Å². The molecule has 0 saturated heterocycles. The number of anilines is 2. The van der Waals surface area contributed by atoms with Crippen LogP contribution in [0.5, 0.6) is 17.2 Å². The number of rotatable bonds is 14. The molecule has 1 atom stereocenters. The smallest absolute Gasteiger partial charge is 0.255 e. The third-order valence-corrected chi connectivity index (χ3v) is 7.67. The molecule has 10 heteroatoms. The molecule has 1 amide bonds. The molecular formula is C30H39N5O4S. The van der Waals surface area contributed by atoms with E-state index >= 15 is 0 Å². The monoisotopic (exact) mass is 565 g/mol. The zero-order valence-electron chi connectivity index (χ0n) is 24.0. The number of fused-ring (bicyclic) bond motifs is 1. The Morgan fingerprint density at radius 1 is 1.02 bits per heavy atom. The number of unbranched alkanes of at least 4 members (excludes halogenated alkanes) is 3. The Hall–Kier alpha value is -3.66. The number of hydrogen-bond donors (Lipinski definition) is 2. The van der Waals surface area contributed by atoms with Crippen molar-refractivity contribution in [1.82, 2.24) is 14.8 Å². The van der Waals surface area contributed by atoms with Crippen LogP contribution in [0.1, 0.15) is 64.5 Å². The van der Waals surface area contributed by atoms with Crippen LogP contribution in [0.4, 0.5) is 11.6 Å². The van der Waals surface area contributed by atoms with Gasteiger partial charge in [-0.2, -0.15) is 4.98 Å². The van der Waals surface area contributed by atoms with E-state index in [9.17, 15) is 4.79 Å². The summed E-state index contributed by atoms with van der Waals surface area (Å²) >= 11 is 1.59. The Balaban J connectivity index is 1.71. The Morgan fingerprint density at radius 3 is 2.58 bits per heavy atom. The first-order valence-electron chi connectivity index (χ1n) is 13.8. The van der Waals surface area contributed by atoms with Crippen molar-refractivity contribution < 1.29 is 19.0 Å². The largest absolute Gasteiger partial charge is 0.495 e. The van der Waals surface area contributed by atoms with Gasteiger partial charge in [0.2, 0.25) is 11.1 Å². The predicted molar refractivity (Wildman–Crippen MR) is 160 cm³/mol. The van der Waals surface area contributed by atoms with Crippen molar-refractivity contribution in [3.05, 3.63) is 59.3 Å². The van der Waals surface area contributed by atoms with Crippen molar-refractivity contribution in [3.8, 4) is 17.2 Å². The lowest BCUT2D eigenvalue weighted by Gasteiger charge is -2.29. The van der Waals surface area contributed by atoms with Gasteiger partial charge < -0.3 is 24.8 Å². The molecule has 0 spiro atoms. The second-order valence-electron chi connectivity index (χ2n) is 9.55. The summed E-state index contributed by atoms with van der Waals surface area (Å²) in [6.07, 6.45) is 5.50. The molecular weight excluding hydrogens is 526 g/mol. The molecule has 0 bridgehead atoms. The van der Waals surface area contributed by atoms with Crippen LogP contribution in [0.25, 0.3) is 0 Å². The normalized spacial score (nSPS) is 14.4. The Bertz CT molecular complexity index is 1340. The van der Waals surface area contributed by atoms with E-state index in [1.165, 1.54) is 12.8 Å². The second-order valence-corrected chi connectivity index (χ2v) is 10.6. The molecule has 2 aromatic carbocycles. The highest BCUT2D eigenvalue weighted by atomic mass is 32.2. The van der Waals surface area contributed by atoms with E-state index in [1.54, 1.807) is 30.7 Å². The summed E-state index contributed by atoms with van der Waals surface area (Å²) in [6, 6.07) is 12.6. The van der Waals surface area contributed by atoms with Gasteiger partial charge in [-0.15, -0.1) is 5.10 Å². The van der Waals surface area contributed by atoms with Crippen LogP contribution in [0.3, 0.4) is 0 Å². The van der Waals surface area contributed by atoms with Crippen LogP contribution in [-0.4, -0.2) is 47.3 Å². The molecule has 1 aromatic heterocycles. The fraction of sp³-hybridized carbons (Fsp3) is 0.433. The number of methoxy groups -OCH3 is 2. The highest BCUT2D eigenvalue weighted by Crippen LogP contribution is 2.40. The number of amides is 1. The van der Waals surface area contributed by atoms with Crippen molar-refractivity contribution in [1.29, 1.82) is 0 Å². The third kappa shape index (κ3) is 6.72. The lowest BCUT2D eigenvalue weighted by atomic mass is 9.94. The predicted octanol–water partition coefficient (Wildman–Crippen LogP) is 6.68. The zero-order chi connectivity index (χ0) is 28.5. The lowest BCUT2D eigenvalue weighted by molar-refractivity contribution is -0.113. The second kappa shape index (κ2) is 14.1. The lowest BCUT2D eigenvalue weighted by Crippen LogP contribution is -2.31. The van der Waals surface area contributed by atoms with E-state index in [1.807, 2.05) is 49.4 Å². The minimum absolute atomic E-state index is 0.265. The van der Waals surface area contributed by atoms with Crippen LogP contribution < -0.4 is 24.8 Å². The van der Waals surface area contributed by atoms with Gasteiger partial charge >= 0.3 is 0 Å². The van der Waals surface area contributed by atoms with Crippen molar-refractivity contribution in [2.45, 2.75) is 64.1 Å². The number of hydrogen-bond acceptors (Lipinski definition) is 8. The van der Waals surface area contributed by atoms with Crippen molar-refractivity contribution in [2.24, 2.45) is 0 Å². The molecule has 40 heavy (non-hydrogen) atoms. The number of nitrogens with zero attached hydrogens (tertiary/aromatic N) is 3. The molecule has 0 saturated carbocycles. The van der Waals surface area contributed by atoms with Crippen LogP contribution in [0.2, 0.25) is 0 Å². The summed E-state index contributed by atoms with van der Waals surface area (Å²) in [5, 5.41) is 11.8. The third-order valence-electron chi connectivity index (χ3n) is 6.63. The summed E-state index contributed by atoms with van der Waals surface area (Å²) in [5.74, 6) is 3.09. The van der Waals surface area contributed by atoms with Gasteiger partial charge in [0.05, 0.1) is 32.1 Å². The average Bonchev–Trinajstić information content (AvgIpc) is 3.37. The van der Waals surface area contributed by atoms with Gasteiger partial charge in [0.25, 0.3) is 5.91 Å². The molecule has 4 rings (SSSR count). The molecule has 1 aliphatic heterocycles. The minimum Gasteiger partial charge on any atom is -0.495 e. The number of nitrogens with one attached hydrogen (secondary N) is 2. The number of ether oxygens (including phenoxy) is 3. The molecule has 2 heterocycles. The van der Waals surface area contributed by atoms with E-state index < -0.39 is 6.04 Å². The molecule has 0 aliphatic carbocycles. The molecule has 0 fully saturated rings. The summed E-state index contributed by atoms with van der Waals surface area (Å²) in [4.78, 5) is 18.6. The summed E-state index contributed by atoms with van der Waals surface area (Å²) in [7, 11) is 3.21. The van der Waals surface area contributed by atoms with Crippen LogP contribution >= 0.6 is 11.8 Å². The fourth-order valence-electron chi connectivity index (χ4n) is 4.61. The Kier molecular flexibility index (Phi) is 10.3. The van der Waals surface area contributed by atoms with E-state index in [-0.39, 0.29) is 5.91 Å². The van der Waals surface area contributed by atoms with Crippen LogP contribution in [0, 0.1) is 0 Å². The summed E-state index contributed by atoms with van der Waals surface area (Å²) < 4.78 is 19.0. The van der Waals surface area contributed by atoms with E-state index in [0.29, 0.717) is 51.9 Å². The highest BCUT2D eigenvalue weighted by molar-refractivity contribution is 7.99. The van der Waals surface area contributed by atoms with Gasteiger partial charge in [-0.1, -0.05) is 63.1 Å². The van der Waals surface area contributed by atoms with E-state index in [4.69, 9.17) is 24.3 Å². The number of carbonyl (C=O) groups excluding carboxylic acids is 1. The number of allylic oxidation sites excluding steroid dienone is 1. The van der Waals surface area contributed by atoms with Gasteiger partial charge in [-0.05, 0) is 49.6 Å². The first-order chi connectivity index (χ1) is 19.5. The maximum atomic E-state index is 13.9. The summed E-state index contributed by atoms with van der Waals surface area (Å²) in [6.45, 7) is 6.82. The number of para-hydroxylation sites is 2. The molecule has 0 radical (unpaired) electrons. The quantitative estimate of drug-likeness (QED) is 0.165. The van der Waals surface area contributed by atoms with Gasteiger partial charge in [0.1, 0.15) is 11.8 Å². The molecule has 1 unspecified atom stereocenters. The van der Waals surface area contributed by atoms with Gasteiger partial charge in [0, 0.05) is 11.4 Å². The van der Waals surface area contributed by atoms with Gasteiger partial charge in [-0.3, -0.25) is 4.79 Å². The van der Waals surface area contributed by atoms with Crippen molar-refractivity contribution in [2.75, 3.05) is 37.2 Å². The average molecular weight is 566 g/mol. The van der Waals surface area contributed by atoms with Crippen molar-refractivity contribution in [3.63, 3.8) is 0 Å². The standard InChI is InChI=1S/C30H39N5O4S/c1-6-8-9-12-17-39-24-16-15-21(19-25(24)38-5)27-26(28(36)32-22-13-10-11-14-23(22)37-4)20(3)31-29-33-30(34-35(27)29)40-18-7-2/h10-11,13-16,19,27H,6-9,12,17-18H2,1-5H3,(H,32,36)(H,31,33,34). The van der Waals surface area contributed by atoms with Crippen LogP contribution in [-0.2, 0) is 4.79 Å². The maximum absolute atomic E-state index is 13.9. The zero-order valence-corrected chi connectivity index (χ0v) is 24.8. The Morgan fingerprint density at radius 2 is 1.82 bits per heavy atom. The minimum atomic E-state index is -0.540. The van der Waals surface area contributed by atoms with Crippen LogP contribution in [0.15, 0.2) is 58.9 Å². The van der Waals surface area contributed by atoms with E-state index in [0.717, 1.165) is 30.6 Å². The maximum Gasteiger partial charge on any atom is 0.255 e. The molecule has 9 nitrogen and oxygen atoms in total. The first-order valence-corrected chi connectivity index (χ1v) is 14.8. The van der Waals surface area contributed by atoms with Gasteiger partial charge in [0.15, 0.2) is 11.5 Å². The first kappa shape index (κ1) is 29.3. The molecule has 2 N–H and O–H groups in total. The molecule has 3 aromatic rings. The number of thioether (sulfide) groups is 1. The van der Waals surface area contributed by atoms with E-state index in [2.05, 4.69) is 24.5 Å². The van der Waals surface area contributed by atoms with Crippen molar-refractivity contribution >= 4 is 29.3 Å². The number of carbonyl (C=O) groups is 1. The number of aromatic nitrogens is 3. The number of benzene rings is 2. The topological polar surface area (TPSA) is 99.5 Å². The SMILES string of the molecule is CCCCCCOc1ccc(C2C(C(=O)Nc3ccccc3OC)=C(C)Nc3nc(SCCC)nn32)cc1OC. The molecule has 1 aliphatic rings. The summed E-state index contributed by atoms with van der Waals surface area (Å²) in [5.41, 5.74) is 2.63.